The predicted octanol–water partition coefficient (Wildman–Crippen LogP) is 1.23. The number of pyridine rings is 1. The van der Waals surface area contributed by atoms with Crippen LogP contribution in [-0.4, -0.2) is 24.5 Å². The van der Waals surface area contributed by atoms with Crippen molar-refractivity contribution in [1.82, 2.24) is 10.3 Å². The summed E-state index contributed by atoms with van der Waals surface area (Å²) in [5, 5.41) is 2.87. The standard InChI is InChI=1S/C13H21N3O2/c1-18-13-9-11(6-8-15-13)10-16-12(17)5-3-2-4-7-14/h6,8-9H,2-5,7,10,14H2,1H3,(H,16,17). The third-order valence-electron chi connectivity index (χ3n) is 2.61. The Morgan fingerprint density at radius 3 is 3.00 bits per heavy atom. The molecule has 0 aliphatic heterocycles. The van der Waals surface area contributed by atoms with Crippen LogP contribution in [-0.2, 0) is 11.3 Å². The van der Waals surface area contributed by atoms with E-state index >= 15 is 0 Å². The number of nitrogens with one attached hydrogen (secondary N) is 1. The van der Waals surface area contributed by atoms with Gasteiger partial charge in [0, 0.05) is 25.2 Å². The molecule has 18 heavy (non-hydrogen) atoms. The second-order valence-electron chi connectivity index (χ2n) is 4.08. The normalized spacial score (nSPS) is 10.1. The van der Waals surface area contributed by atoms with Crippen molar-refractivity contribution in [2.75, 3.05) is 13.7 Å². The molecule has 0 saturated heterocycles. The Morgan fingerprint density at radius 2 is 2.28 bits per heavy atom. The number of amides is 1. The summed E-state index contributed by atoms with van der Waals surface area (Å²) in [7, 11) is 1.57. The molecule has 0 spiro atoms. The third-order valence-corrected chi connectivity index (χ3v) is 2.61. The molecule has 3 N–H and O–H groups in total. The zero-order valence-electron chi connectivity index (χ0n) is 10.8. The monoisotopic (exact) mass is 251 g/mol. The predicted molar refractivity (Wildman–Crippen MR) is 70.2 cm³/mol. The third kappa shape index (κ3) is 5.63. The summed E-state index contributed by atoms with van der Waals surface area (Å²) < 4.78 is 5.02. The first kappa shape index (κ1) is 14.4. The van der Waals surface area contributed by atoms with Crippen LogP contribution in [0.25, 0.3) is 0 Å². The van der Waals surface area contributed by atoms with Gasteiger partial charge in [-0.3, -0.25) is 4.79 Å². The lowest BCUT2D eigenvalue weighted by atomic mass is 10.2. The van der Waals surface area contributed by atoms with Gasteiger partial charge in [0.15, 0.2) is 0 Å². The molecule has 1 heterocycles. The number of carbonyl (C=O) groups is 1. The summed E-state index contributed by atoms with van der Waals surface area (Å²) in [6.45, 7) is 1.20. The first-order valence-corrected chi connectivity index (χ1v) is 6.22. The number of aromatic nitrogens is 1. The second-order valence-corrected chi connectivity index (χ2v) is 4.08. The molecule has 0 aliphatic carbocycles. The van der Waals surface area contributed by atoms with Crippen molar-refractivity contribution in [2.45, 2.75) is 32.2 Å². The largest absolute Gasteiger partial charge is 0.481 e. The van der Waals surface area contributed by atoms with Crippen molar-refractivity contribution in [3.8, 4) is 5.88 Å². The van der Waals surface area contributed by atoms with Gasteiger partial charge in [0.25, 0.3) is 0 Å². The minimum atomic E-state index is 0.0720. The summed E-state index contributed by atoms with van der Waals surface area (Å²) in [5.74, 6) is 0.632. The number of hydrogen-bond donors (Lipinski definition) is 2. The molecule has 0 bridgehead atoms. The Labute approximate surface area is 108 Å². The van der Waals surface area contributed by atoms with Gasteiger partial charge >= 0.3 is 0 Å². The number of rotatable bonds is 8. The summed E-state index contributed by atoms with van der Waals surface area (Å²) in [5.41, 5.74) is 6.37. The van der Waals surface area contributed by atoms with Crippen LogP contribution >= 0.6 is 0 Å². The van der Waals surface area contributed by atoms with Gasteiger partial charge in [-0.15, -0.1) is 0 Å². The number of unbranched alkanes of at least 4 members (excludes halogenated alkanes) is 2. The molecule has 5 heteroatoms. The Morgan fingerprint density at radius 1 is 1.44 bits per heavy atom. The number of ether oxygens (including phenoxy) is 1. The van der Waals surface area contributed by atoms with Crippen LogP contribution in [0, 0.1) is 0 Å². The fraction of sp³-hybridized carbons (Fsp3) is 0.538. The molecule has 1 aromatic rings. The van der Waals surface area contributed by atoms with E-state index in [0.29, 0.717) is 25.4 Å². The first-order valence-electron chi connectivity index (χ1n) is 6.22. The van der Waals surface area contributed by atoms with E-state index in [0.717, 1.165) is 24.8 Å². The quantitative estimate of drug-likeness (QED) is 0.681. The minimum absolute atomic E-state index is 0.0720. The highest BCUT2D eigenvalue weighted by Gasteiger charge is 2.02. The molecule has 5 nitrogen and oxygen atoms in total. The first-order chi connectivity index (χ1) is 8.76. The summed E-state index contributed by atoms with van der Waals surface area (Å²) >= 11 is 0. The molecule has 0 fully saturated rings. The average molecular weight is 251 g/mol. The van der Waals surface area contributed by atoms with Crippen molar-refractivity contribution in [3.63, 3.8) is 0 Å². The van der Waals surface area contributed by atoms with Gasteiger partial charge in [0.1, 0.15) is 0 Å². The van der Waals surface area contributed by atoms with Crippen molar-refractivity contribution in [3.05, 3.63) is 23.9 Å². The van der Waals surface area contributed by atoms with E-state index in [9.17, 15) is 4.79 Å². The fourth-order valence-electron chi connectivity index (χ4n) is 1.57. The highest BCUT2D eigenvalue weighted by molar-refractivity contribution is 5.75. The molecule has 0 aromatic carbocycles. The van der Waals surface area contributed by atoms with Crippen molar-refractivity contribution in [1.29, 1.82) is 0 Å². The summed E-state index contributed by atoms with van der Waals surface area (Å²) in [6.07, 6.45) is 5.11. The zero-order valence-corrected chi connectivity index (χ0v) is 10.8. The number of carbonyl (C=O) groups excluding carboxylic acids is 1. The number of methoxy groups -OCH3 is 1. The number of nitrogens with two attached hydrogens (primary N) is 1. The van der Waals surface area contributed by atoms with E-state index in [1.54, 1.807) is 13.3 Å². The van der Waals surface area contributed by atoms with E-state index in [2.05, 4.69) is 10.3 Å². The van der Waals surface area contributed by atoms with Crippen LogP contribution in [0.4, 0.5) is 0 Å². The van der Waals surface area contributed by atoms with Crippen LogP contribution in [0.2, 0.25) is 0 Å². The number of nitrogens with zero attached hydrogens (tertiary/aromatic N) is 1. The minimum Gasteiger partial charge on any atom is -0.481 e. The lowest BCUT2D eigenvalue weighted by molar-refractivity contribution is -0.121. The lowest BCUT2D eigenvalue weighted by Gasteiger charge is -2.06. The van der Waals surface area contributed by atoms with Crippen LogP contribution in [0.5, 0.6) is 5.88 Å². The summed E-state index contributed by atoms with van der Waals surface area (Å²) in [6, 6.07) is 3.67. The molecule has 1 aromatic heterocycles. The number of hydrogen-bond acceptors (Lipinski definition) is 4. The van der Waals surface area contributed by atoms with E-state index in [1.807, 2.05) is 12.1 Å². The maximum Gasteiger partial charge on any atom is 0.220 e. The lowest BCUT2D eigenvalue weighted by Crippen LogP contribution is -2.22. The Bertz CT molecular complexity index is 369. The highest BCUT2D eigenvalue weighted by Crippen LogP contribution is 2.08. The van der Waals surface area contributed by atoms with Gasteiger partial charge in [0.05, 0.1) is 7.11 Å². The van der Waals surface area contributed by atoms with E-state index in [4.69, 9.17) is 10.5 Å². The molecular formula is C13H21N3O2. The molecule has 0 unspecified atom stereocenters. The van der Waals surface area contributed by atoms with Gasteiger partial charge in [0.2, 0.25) is 11.8 Å². The van der Waals surface area contributed by atoms with Gasteiger partial charge in [-0.25, -0.2) is 4.98 Å². The van der Waals surface area contributed by atoms with E-state index in [-0.39, 0.29) is 5.91 Å². The smallest absolute Gasteiger partial charge is 0.220 e. The van der Waals surface area contributed by atoms with E-state index in [1.165, 1.54) is 0 Å². The van der Waals surface area contributed by atoms with Crippen LogP contribution in [0.15, 0.2) is 18.3 Å². The SMILES string of the molecule is COc1cc(CNC(=O)CCCCCN)ccn1. The van der Waals surface area contributed by atoms with Crippen LogP contribution < -0.4 is 15.8 Å². The molecule has 0 saturated carbocycles. The van der Waals surface area contributed by atoms with Gasteiger partial charge in [-0.2, -0.15) is 0 Å². The van der Waals surface area contributed by atoms with Crippen LogP contribution in [0.1, 0.15) is 31.2 Å². The van der Waals surface area contributed by atoms with E-state index < -0.39 is 0 Å². The molecule has 1 amide bonds. The molecule has 0 atom stereocenters. The van der Waals surface area contributed by atoms with Crippen molar-refractivity contribution in [2.24, 2.45) is 5.73 Å². The average Bonchev–Trinajstić information content (AvgIpc) is 2.41. The Kier molecular flexibility index (Phi) is 6.79. The Hall–Kier alpha value is -1.62. The molecule has 1 rings (SSSR count). The van der Waals surface area contributed by atoms with Gasteiger partial charge in [-0.1, -0.05) is 6.42 Å². The molecule has 0 aliphatic rings. The summed E-state index contributed by atoms with van der Waals surface area (Å²) in [4.78, 5) is 15.6. The molecule has 0 radical (unpaired) electrons. The molecular weight excluding hydrogens is 230 g/mol. The molecule has 100 valence electrons. The fourth-order valence-corrected chi connectivity index (χ4v) is 1.57. The Balaban J connectivity index is 2.24. The highest BCUT2D eigenvalue weighted by atomic mass is 16.5. The maximum atomic E-state index is 11.5. The second kappa shape index (κ2) is 8.47. The van der Waals surface area contributed by atoms with Crippen molar-refractivity contribution < 1.29 is 9.53 Å². The van der Waals surface area contributed by atoms with Crippen molar-refractivity contribution >= 4 is 5.91 Å². The zero-order chi connectivity index (χ0) is 13.2. The maximum absolute atomic E-state index is 11.5. The van der Waals surface area contributed by atoms with Gasteiger partial charge in [-0.05, 0) is 31.0 Å². The van der Waals surface area contributed by atoms with Crippen LogP contribution in [0.3, 0.4) is 0 Å². The van der Waals surface area contributed by atoms with Gasteiger partial charge < -0.3 is 15.8 Å². The topological polar surface area (TPSA) is 77.2 Å².